The van der Waals surface area contributed by atoms with Gasteiger partial charge in [0.25, 0.3) is 0 Å². The van der Waals surface area contributed by atoms with Gasteiger partial charge in [-0.1, -0.05) is 29.3 Å². The topological polar surface area (TPSA) is 38.8 Å². The highest BCUT2D eigenvalue weighted by Crippen LogP contribution is 2.33. The number of carbonyl (C=O) groups is 1. The highest BCUT2D eigenvalue weighted by Gasteiger charge is 2.24. The lowest BCUT2D eigenvalue weighted by atomic mass is 9.84. The Kier molecular flexibility index (Phi) is 8.34. The first-order valence-electron chi connectivity index (χ1n) is 10.8. The number of nitrogens with zero attached hydrogens (tertiary/aromatic N) is 3. The van der Waals surface area contributed by atoms with Gasteiger partial charge in [-0.15, -0.1) is 0 Å². The molecule has 2 aliphatic rings. The van der Waals surface area contributed by atoms with Gasteiger partial charge in [0.15, 0.2) is 0 Å². The van der Waals surface area contributed by atoms with Crippen molar-refractivity contribution in [3.05, 3.63) is 28.2 Å². The number of hydrogen-bond donors (Lipinski definition) is 1. The van der Waals surface area contributed by atoms with E-state index in [2.05, 4.69) is 21.2 Å². The average molecular weight is 441 g/mol. The van der Waals surface area contributed by atoms with Crippen molar-refractivity contribution in [1.82, 2.24) is 15.1 Å². The van der Waals surface area contributed by atoms with E-state index in [1.54, 1.807) is 19.0 Å². The smallest absolute Gasteiger partial charge is 0.317 e. The zero-order chi connectivity index (χ0) is 20.8. The summed E-state index contributed by atoms with van der Waals surface area (Å²) in [6, 6.07) is 6.26. The fourth-order valence-electron chi connectivity index (χ4n) is 4.44. The van der Waals surface area contributed by atoms with Crippen LogP contribution in [-0.4, -0.2) is 68.7 Å². The quantitative estimate of drug-likeness (QED) is 0.719. The molecular weight excluding hydrogens is 407 g/mol. The third-order valence-electron chi connectivity index (χ3n) is 6.29. The Morgan fingerprint density at radius 2 is 1.86 bits per heavy atom. The number of benzene rings is 1. The second-order valence-corrected chi connectivity index (χ2v) is 9.39. The average Bonchev–Trinajstić information content (AvgIpc) is 2.95. The number of anilines is 1. The predicted molar refractivity (Wildman–Crippen MR) is 122 cm³/mol. The number of carbonyl (C=O) groups excluding carboxylic acids is 1. The molecule has 0 bridgehead atoms. The molecule has 2 amide bonds. The lowest BCUT2D eigenvalue weighted by Gasteiger charge is -2.31. The molecule has 1 aliphatic carbocycles. The Balaban J connectivity index is 1.40. The van der Waals surface area contributed by atoms with E-state index in [9.17, 15) is 4.79 Å². The van der Waals surface area contributed by atoms with Crippen LogP contribution in [0.1, 0.15) is 38.5 Å². The maximum atomic E-state index is 11.8. The van der Waals surface area contributed by atoms with Crippen LogP contribution in [0, 0.1) is 5.92 Å². The van der Waals surface area contributed by atoms with E-state index in [1.165, 1.54) is 19.3 Å². The van der Waals surface area contributed by atoms with Crippen LogP contribution < -0.4 is 10.2 Å². The summed E-state index contributed by atoms with van der Waals surface area (Å²) in [5.74, 6) is 0.782. The largest absolute Gasteiger partial charge is 0.369 e. The lowest BCUT2D eigenvalue weighted by Crippen LogP contribution is -2.43. The summed E-state index contributed by atoms with van der Waals surface area (Å²) in [5.41, 5.74) is 1.05. The maximum absolute atomic E-state index is 11.8. The van der Waals surface area contributed by atoms with Gasteiger partial charge in [0.2, 0.25) is 0 Å². The van der Waals surface area contributed by atoms with Gasteiger partial charge in [-0.2, -0.15) is 0 Å². The molecule has 29 heavy (non-hydrogen) atoms. The summed E-state index contributed by atoms with van der Waals surface area (Å²) in [6.45, 7) is 5.38. The van der Waals surface area contributed by atoms with Crippen molar-refractivity contribution < 1.29 is 4.79 Å². The molecule has 1 aromatic rings. The second kappa shape index (κ2) is 10.7. The lowest BCUT2D eigenvalue weighted by molar-refractivity contribution is 0.198. The highest BCUT2D eigenvalue weighted by atomic mass is 35.5. The first-order chi connectivity index (χ1) is 13.9. The SMILES string of the molecule is CN(C)C(=O)N[C@H]1CC[C@H](CCN2CCCN(c3cccc(Cl)c3Cl)CC2)CC1. The van der Waals surface area contributed by atoms with Gasteiger partial charge in [0, 0.05) is 39.8 Å². The summed E-state index contributed by atoms with van der Waals surface area (Å²) < 4.78 is 0. The van der Waals surface area contributed by atoms with E-state index in [-0.39, 0.29) is 6.03 Å². The van der Waals surface area contributed by atoms with E-state index in [4.69, 9.17) is 23.2 Å². The number of hydrogen-bond acceptors (Lipinski definition) is 3. The number of urea groups is 1. The van der Waals surface area contributed by atoms with Crippen LogP contribution >= 0.6 is 23.2 Å². The molecule has 1 aromatic carbocycles. The van der Waals surface area contributed by atoms with Crippen LogP contribution in [0.15, 0.2) is 18.2 Å². The Bertz CT molecular complexity index is 677. The fourth-order valence-corrected chi connectivity index (χ4v) is 4.85. The van der Waals surface area contributed by atoms with Crippen LogP contribution in [0.3, 0.4) is 0 Å². The van der Waals surface area contributed by atoms with Crippen LogP contribution in [0.5, 0.6) is 0 Å². The first kappa shape index (κ1) is 22.5. The molecule has 162 valence electrons. The minimum Gasteiger partial charge on any atom is -0.369 e. The summed E-state index contributed by atoms with van der Waals surface area (Å²) >= 11 is 12.6. The Labute approximate surface area is 185 Å². The third-order valence-corrected chi connectivity index (χ3v) is 7.10. The molecule has 7 heteroatoms. The molecule has 0 spiro atoms. The second-order valence-electron chi connectivity index (χ2n) is 8.61. The summed E-state index contributed by atoms with van der Waals surface area (Å²) in [4.78, 5) is 18.4. The number of nitrogens with one attached hydrogen (secondary N) is 1. The van der Waals surface area contributed by atoms with Gasteiger partial charge >= 0.3 is 6.03 Å². The van der Waals surface area contributed by atoms with E-state index < -0.39 is 0 Å². The van der Waals surface area contributed by atoms with Crippen LogP contribution in [0.2, 0.25) is 10.0 Å². The molecule has 0 aromatic heterocycles. The van der Waals surface area contributed by atoms with Crippen molar-refractivity contribution in [2.24, 2.45) is 5.92 Å². The highest BCUT2D eigenvalue weighted by molar-refractivity contribution is 6.43. The summed E-state index contributed by atoms with van der Waals surface area (Å²) in [6.07, 6.45) is 7.04. The van der Waals surface area contributed by atoms with Crippen LogP contribution in [0.25, 0.3) is 0 Å². The third kappa shape index (κ3) is 6.40. The Hall–Kier alpha value is -1.17. The zero-order valence-electron chi connectivity index (χ0n) is 17.7. The van der Waals surface area contributed by atoms with Crippen molar-refractivity contribution in [1.29, 1.82) is 0 Å². The van der Waals surface area contributed by atoms with E-state index in [0.29, 0.717) is 16.1 Å². The van der Waals surface area contributed by atoms with Gasteiger partial charge in [-0.3, -0.25) is 0 Å². The first-order valence-corrected chi connectivity index (χ1v) is 11.6. The van der Waals surface area contributed by atoms with Crippen molar-refractivity contribution >= 4 is 34.9 Å². The molecule has 1 N–H and O–H groups in total. The van der Waals surface area contributed by atoms with Crippen molar-refractivity contribution in [2.75, 3.05) is 51.7 Å². The van der Waals surface area contributed by atoms with Gasteiger partial charge in [-0.05, 0) is 69.7 Å². The molecule has 3 rings (SSSR count). The molecule has 0 atom stereocenters. The maximum Gasteiger partial charge on any atom is 0.317 e. The summed E-state index contributed by atoms with van der Waals surface area (Å²) in [5, 5.41) is 4.43. The molecule has 5 nitrogen and oxygen atoms in total. The predicted octanol–water partition coefficient (Wildman–Crippen LogP) is 4.73. The molecule has 0 unspecified atom stereocenters. The Morgan fingerprint density at radius 3 is 2.59 bits per heavy atom. The van der Waals surface area contributed by atoms with E-state index in [1.807, 2.05) is 12.1 Å². The van der Waals surface area contributed by atoms with Crippen molar-refractivity contribution in [3.63, 3.8) is 0 Å². The fraction of sp³-hybridized carbons (Fsp3) is 0.682. The Morgan fingerprint density at radius 1 is 1.10 bits per heavy atom. The molecule has 1 saturated carbocycles. The molecular formula is C22H34Cl2N4O. The monoisotopic (exact) mass is 440 g/mol. The van der Waals surface area contributed by atoms with E-state index in [0.717, 1.165) is 63.6 Å². The zero-order valence-corrected chi connectivity index (χ0v) is 19.2. The normalized spacial score (nSPS) is 23.5. The van der Waals surface area contributed by atoms with Crippen LogP contribution in [-0.2, 0) is 0 Å². The van der Waals surface area contributed by atoms with Gasteiger partial charge in [0.05, 0.1) is 15.7 Å². The molecule has 1 aliphatic heterocycles. The number of halogens is 2. The van der Waals surface area contributed by atoms with Gasteiger partial charge in [0.1, 0.15) is 0 Å². The van der Waals surface area contributed by atoms with E-state index >= 15 is 0 Å². The minimum atomic E-state index is 0.0300. The van der Waals surface area contributed by atoms with Crippen molar-refractivity contribution in [3.8, 4) is 0 Å². The molecule has 2 fully saturated rings. The molecule has 1 saturated heterocycles. The minimum absolute atomic E-state index is 0.0300. The van der Waals surface area contributed by atoms with Crippen molar-refractivity contribution in [2.45, 2.75) is 44.6 Å². The molecule has 0 radical (unpaired) electrons. The van der Waals surface area contributed by atoms with Gasteiger partial charge in [-0.25, -0.2) is 4.79 Å². The molecule has 1 heterocycles. The standard InChI is InChI=1S/C22H34Cl2N4O/c1-26(2)22(29)25-18-9-7-17(8-10-18)11-14-27-12-4-13-28(16-15-27)20-6-3-5-19(23)21(20)24/h3,5-6,17-18H,4,7-16H2,1-2H3,(H,25,29)/t17-,18-. The van der Waals surface area contributed by atoms with Crippen LogP contribution in [0.4, 0.5) is 10.5 Å². The number of rotatable bonds is 5. The van der Waals surface area contributed by atoms with Gasteiger partial charge < -0.3 is 20.0 Å². The number of amides is 2. The summed E-state index contributed by atoms with van der Waals surface area (Å²) in [7, 11) is 3.59.